The van der Waals surface area contributed by atoms with E-state index in [1.165, 1.54) is 10.6 Å². The third-order valence-corrected chi connectivity index (χ3v) is 3.07. The Balaban J connectivity index is 2.86. The maximum Gasteiger partial charge on any atom is 0.223 e. The van der Waals surface area contributed by atoms with E-state index in [1.807, 2.05) is 26.0 Å². The molecule has 1 aromatic carbocycles. The van der Waals surface area contributed by atoms with Crippen LogP contribution in [0.15, 0.2) is 24.3 Å². The van der Waals surface area contributed by atoms with E-state index in [4.69, 9.17) is 0 Å². The highest BCUT2D eigenvalue weighted by Crippen LogP contribution is 2.21. The maximum absolute atomic E-state index is 11.0. The van der Waals surface area contributed by atoms with Gasteiger partial charge in [0.15, 0.2) is 0 Å². The molecule has 4 nitrogen and oxygen atoms in total. The predicted octanol–water partition coefficient (Wildman–Crippen LogP) is 1.83. The van der Waals surface area contributed by atoms with Gasteiger partial charge in [-0.15, -0.1) is 0 Å². The van der Waals surface area contributed by atoms with E-state index in [2.05, 4.69) is 24.5 Å². The van der Waals surface area contributed by atoms with Crippen molar-refractivity contribution in [2.45, 2.75) is 45.8 Å². The van der Waals surface area contributed by atoms with Crippen molar-refractivity contribution < 1.29 is 9.90 Å². The maximum atomic E-state index is 11.0. The van der Waals surface area contributed by atoms with Crippen LogP contribution in [0.2, 0.25) is 0 Å². The van der Waals surface area contributed by atoms with Gasteiger partial charge in [0.1, 0.15) is 0 Å². The van der Waals surface area contributed by atoms with Gasteiger partial charge in [-0.05, 0) is 38.3 Å². The topological polar surface area (TPSA) is 52.6 Å². The van der Waals surface area contributed by atoms with Gasteiger partial charge in [-0.1, -0.05) is 31.2 Å². The number of hydrogen-bond donors (Lipinski definition) is 2. The van der Waals surface area contributed by atoms with Crippen molar-refractivity contribution in [3.63, 3.8) is 0 Å². The summed E-state index contributed by atoms with van der Waals surface area (Å²) in [5, 5.41) is 10.8. The number of nitrogens with one attached hydrogen (secondary N) is 1. The summed E-state index contributed by atoms with van der Waals surface area (Å²) in [4.78, 5) is 11.0. The second-order valence-corrected chi connectivity index (χ2v) is 5.40. The molecule has 106 valence electrons. The number of aliphatic hydroxyl groups is 1. The molecule has 1 rings (SSSR count). The average Bonchev–Trinajstić information content (AvgIpc) is 2.37. The van der Waals surface area contributed by atoms with Gasteiger partial charge < -0.3 is 5.11 Å². The van der Waals surface area contributed by atoms with E-state index < -0.39 is 6.10 Å². The van der Waals surface area contributed by atoms with Crippen molar-refractivity contribution in [1.82, 2.24) is 10.4 Å². The normalized spacial score (nSPS) is 13.1. The first kappa shape index (κ1) is 15.7. The van der Waals surface area contributed by atoms with E-state index in [-0.39, 0.29) is 12.1 Å². The summed E-state index contributed by atoms with van der Waals surface area (Å²) in [6.45, 7) is 8.06. The van der Waals surface area contributed by atoms with Crippen LogP contribution in [0, 0.1) is 0 Å². The Morgan fingerprint density at radius 1 is 1.47 bits per heavy atom. The van der Waals surface area contributed by atoms with Gasteiger partial charge >= 0.3 is 0 Å². The summed E-state index contributed by atoms with van der Waals surface area (Å²) in [5.74, 6) is 0. The van der Waals surface area contributed by atoms with Crippen LogP contribution in [0.25, 0.3) is 0 Å². The van der Waals surface area contributed by atoms with Gasteiger partial charge in [0.2, 0.25) is 6.41 Å². The number of amides is 1. The molecule has 19 heavy (non-hydrogen) atoms. The first-order chi connectivity index (χ1) is 8.89. The molecule has 2 N–H and O–H groups in total. The number of aliphatic hydroxyl groups excluding tert-OH is 1. The number of carbonyl (C=O) groups is 1. The zero-order valence-electron chi connectivity index (χ0n) is 12.2. The monoisotopic (exact) mass is 264 g/mol. The lowest BCUT2D eigenvalue weighted by Crippen LogP contribution is -2.50. The van der Waals surface area contributed by atoms with Crippen LogP contribution in [0.3, 0.4) is 0 Å². The van der Waals surface area contributed by atoms with E-state index in [9.17, 15) is 9.90 Å². The molecule has 0 heterocycles. The minimum Gasteiger partial charge on any atom is -0.392 e. The molecule has 0 fully saturated rings. The molecule has 0 saturated carbocycles. The third-order valence-electron chi connectivity index (χ3n) is 3.07. The van der Waals surface area contributed by atoms with Gasteiger partial charge in [-0.2, -0.15) is 0 Å². The Hall–Kier alpha value is -1.39. The third kappa shape index (κ3) is 4.65. The zero-order valence-corrected chi connectivity index (χ0v) is 12.2. The highest BCUT2D eigenvalue weighted by Gasteiger charge is 2.23. The highest BCUT2D eigenvalue weighted by molar-refractivity contribution is 5.46. The summed E-state index contributed by atoms with van der Waals surface area (Å²) in [6, 6.07) is 8.29. The minimum absolute atomic E-state index is 0.264. The minimum atomic E-state index is -0.560. The molecule has 0 aliphatic heterocycles. The van der Waals surface area contributed by atoms with Gasteiger partial charge in [-0.3, -0.25) is 9.80 Å². The van der Waals surface area contributed by atoms with Gasteiger partial charge in [-0.25, -0.2) is 5.43 Å². The Bertz CT molecular complexity index is 416. The van der Waals surface area contributed by atoms with Crippen molar-refractivity contribution in [2.75, 3.05) is 6.54 Å². The summed E-state index contributed by atoms with van der Waals surface area (Å²) >= 11 is 0. The molecule has 0 spiro atoms. The van der Waals surface area contributed by atoms with Gasteiger partial charge in [0.25, 0.3) is 0 Å². The largest absolute Gasteiger partial charge is 0.392 e. The zero-order chi connectivity index (χ0) is 14.5. The van der Waals surface area contributed by atoms with Crippen LogP contribution in [-0.4, -0.2) is 29.2 Å². The number of rotatable bonds is 7. The number of carbonyl (C=O) groups excluding carboxylic acids is 1. The number of benzene rings is 1. The Morgan fingerprint density at radius 3 is 2.68 bits per heavy atom. The summed E-state index contributed by atoms with van der Waals surface area (Å²) in [6.07, 6.45) is 1.13. The Labute approximate surface area is 115 Å². The van der Waals surface area contributed by atoms with E-state index in [0.29, 0.717) is 6.41 Å². The molecule has 0 bridgehead atoms. The van der Waals surface area contributed by atoms with Crippen molar-refractivity contribution in [1.29, 1.82) is 0 Å². The van der Waals surface area contributed by atoms with Crippen molar-refractivity contribution in [2.24, 2.45) is 0 Å². The predicted molar refractivity (Wildman–Crippen MR) is 76.4 cm³/mol. The molecule has 0 aromatic heterocycles. The Morgan fingerprint density at radius 2 is 2.16 bits per heavy atom. The lowest BCUT2D eigenvalue weighted by atomic mass is 9.93. The Kier molecular flexibility index (Phi) is 5.51. The molecule has 0 saturated heterocycles. The first-order valence-electron chi connectivity index (χ1n) is 6.66. The van der Waals surface area contributed by atoms with Gasteiger partial charge in [0, 0.05) is 0 Å². The number of nitrogens with zero attached hydrogens (tertiary/aromatic N) is 1. The number of aryl methyl sites for hydroxylation is 1. The van der Waals surface area contributed by atoms with E-state index in [0.717, 1.165) is 12.0 Å². The lowest BCUT2D eigenvalue weighted by Gasteiger charge is -2.33. The molecule has 0 aliphatic rings. The van der Waals surface area contributed by atoms with Crippen LogP contribution in [0.4, 0.5) is 0 Å². The van der Waals surface area contributed by atoms with E-state index >= 15 is 0 Å². The molecule has 1 atom stereocenters. The van der Waals surface area contributed by atoms with Crippen LogP contribution >= 0.6 is 0 Å². The molecule has 1 amide bonds. The molecule has 4 heteroatoms. The van der Waals surface area contributed by atoms with Crippen LogP contribution in [-0.2, 0) is 16.8 Å². The average molecular weight is 264 g/mol. The smallest absolute Gasteiger partial charge is 0.223 e. The molecule has 0 radical (unpaired) electrons. The molecule has 1 unspecified atom stereocenters. The number of hydrazine groups is 1. The van der Waals surface area contributed by atoms with Crippen molar-refractivity contribution in [3.8, 4) is 0 Å². The standard InChI is InChI=1S/C15H24N2O2/c1-5-13-7-6-8-14(9-13)15(3,4)16-17(11-18)10-12(2)19/h6-9,11-12,16,19H,5,10H2,1-4H3. The highest BCUT2D eigenvalue weighted by atomic mass is 16.3. The van der Waals surface area contributed by atoms with Crippen molar-refractivity contribution in [3.05, 3.63) is 35.4 Å². The molecular weight excluding hydrogens is 240 g/mol. The second-order valence-electron chi connectivity index (χ2n) is 5.40. The second kappa shape index (κ2) is 6.68. The quantitative estimate of drug-likeness (QED) is 0.583. The number of hydrogen-bond acceptors (Lipinski definition) is 3. The molecule has 1 aromatic rings. The fraction of sp³-hybridized carbons (Fsp3) is 0.533. The van der Waals surface area contributed by atoms with Gasteiger partial charge in [0.05, 0.1) is 18.2 Å². The SMILES string of the molecule is CCc1cccc(C(C)(C)NN(C=O)CC(C)O)c1. The van der Waals surface area contributed by atoms with Crippen LogP contribution in [0.5, 0.6) is 0 Å². The molecular formula is C15H24N2O2. The summed E-state index contributed by atoms with van der Waals surface area (Å²) in [7, 11) is 0. The summed E-state index contributed by atoms with van der Waals surface area (Å²) < 4.78 is 0. The molecule has 0 aliphatic carbocycles. The van der Waals surface area contributed by atoms with Crippen LogP contribution in [0.1, 0.15) is 38.8 Å². The fourth-order valence-corrected chi connectivity index (χ4v) is 2.00. The van der Waals surface area contributed by atoms with E-state index in [1.54, 1.807) is 6.92 Å². The van der Waals surface area contributed by atoms with Crippen LogP contribution < -0.4 is 5.43 Å². The first-order valence-corrected chi connectivity index (χ1v) is 6.66. The van der Waals surface area contributed by atoms with Crippen molar-refractivity contribution >= 4 is 6.41 Å². The summed E-state index contributed by atoms with van der Waals surface area (Å²) in [5.41, 5.74) is 5.15. The fourth-order valence-electron chi connectivity index (χ4n) is 2.00. The lowest BCUT2D eigenvalue weighted by molar-refractivity contribution is -0.124.